The van der Waals surface area contributed by atoms with Gasteiger partial charge in [-0.1, -0.05) is 18.2 Å². The van der Waals surface area contributed by atoms with Crippen LogP contribution in [0.2, 0.25) is 0 Å². The highest BCUT2D eigenvalue weighted by molar-refractivity contribution is 5.94. The minimum atomic E-state index is -0.0254. The Bertz CT molecular complexity index is 594. The number of aromatic nitrogens is 2. The van der Waals surface area contributed by atoms with Gasteiger partial charge in [-0.15, -0.1) is 0 Å². The molecule has 1 aliphatic heterocycles. The van der Waals surface area contributed by atoms with Crippen LogP contribution in [0.25, 0.3) is 0 Å². The molecular formula is C15H18N4O. The molecule has 104 valence electrons. The molecule has 0 saturated carbocycles. The van der Waals surface area contributed by atoms with E-state index < -0.39 is 0 Å². The monoisotopic (exact) mass is 270 g/mol. The highest BCUT2D eigenvalue weighted by atomic mass is 16.2. The van der Waals surface area contributed by atoms with E-state index in [-0.39, 0.29) is 12.1 Å². The van der Waals surface area contributed by atoms with Gasteiger partial charge in [0.2, 0.25) is 0 Å². The van der Waals surface area contributed by atoms with Gasteiger partial charge in [0, 0.05) is 37.2 Å². The fourth-order valence-corrected chi connectivity index (χ4v) is 2.67. The first-order valence-corrected chi connectivity index (χ1v) is 6.86. The van der Waals surface area contributed by atoms with Crippen LogP contribution < -0.4 is 10.2 Å². The van der Waals surface area contributed by atoms with Gasteiger partial charge in [-0.3, -0.25) is 4.90 Å². The first-order valence-electron chi connectivity index (χ1n) is 6.86. The molecule has 1 aromatic carbocycles. The Labute approximate surface area is 118 Å². The van der Waals surface area contributed by atoms with Crippen molar-refractivity contribution in [2.75, 3.05) is 11.4 Å². The number of fused-ring (bicyclic) bond motifs is 1. The van der Waals surface area contributed by atoms with Crippen molar-refractivity contribution in [3.8, 4) is 0 Å². The van der Waals surface area contributed by atoms with Gasteiger partial charge in [0.25, 0.3) is 0 Å². The molecule has 5 nitrogen and oxygen atoms in total. The summed E-state index contributed by atoms with van der Waals surface area (Å²) in [6, 6.07) is 8.27. The van der Waals surface area contributed by atoms with E-state index in [0.29, 0.717) is 6.54 Å². The van der Waals surface area contributed by atoms with Crippen LogP contribution in [0.1, 0.15) is 12.5 Å². The van der Waals surface area contributed by atoms with E-state index in [9.17, 15) is 4.79 Å². The molecular weight excluding hydrogens is 252 g/mol. The second kappa shape index (κ2) is 5.36. The summed E-state index contributed by atoms with van der Waals surface area (Å²) in [4.78, 5) is 18.2. The van der Waals surface area contributed by atoms with E-state index in [4.69, 9.17) is 0 Å². The summed E-state index contributed by atoms with van der Waals surface area (Å²) in [5.41, 5.74) is 2.27. The maximum absolute atomic E-state index is 12.3. The quantitative estimate of drug-likeness (QED) is 0.928. The number of carbonyl (C=O) groups is 1. The molecule has 0 radical (unpaired) electrons. The summed E-state index contributed by atoms with van der Waals surface area (Å²) in [7, 11) is 0. The van der Waals surface area contributed by atoms with Crippen molar-refractivity contribution >= 4 is 11.7 Å². The molecule has 1 atom stereocenters. The van der Waals surface area contributed by atoms with E-state index >= 15 is 0 Å². The fraction of sp³-hybridized carbons (Fsp3) is 0.333. The molecule has 5 heteroatoms. The standard InChI is InChI=1S/C15H18N4O/c1-12-10-13-4-2-3-5-14(13)19(12)15(20)17-7-9-18-8-6-16-11-18/h2-6,8,11-12H,7,9-10H2,1H3,(H,17,20). The van der Waals surface area contributed by atoms with E-state index in [1.54, 1.807) is 12.5 Å². The fourth-order valence-electron chi connectivity index (χ4n) is 2.67. The van der Waals surface area contributed by atoms with Gasteiger partial charge in [-0.05, 0) is 25.0 Å². The Hall–Kier alpha value is -2.30. The molecule has 0 aliphatic carbocycles. The third-order valence-electron chi connectivity index (χ3n) is 3.63. The predicted octanol–water partition coefficient (Wildman–Crippen LogP) is 2.04. The molecule has 3 rings (SSSR count). The Morgan fingerprint density at radius 2 is 2.30 bits per heavy atom. The molecule has 1 aliphatic rings. The van der Waals surface area contributed by atoms with Gasteiger partial charge in [0.05, 0.1) is 6.33 Å². The third kappa shape index (κ3) is 2.39. The molecule has 0 spiro atoms. The molecule has 2 amide bonds. The summed E-state index contributed by atoms with van der Waals surface area (Å²) in [6.45, 7) is 3.41. The number of hydrogen-bond acceptors (Lipinski definition) is 2. The van der Waals surface area contributed by atoms with Gasteiger partial charge in [-0.2, -0.15) is 0 Å². The van der Waals surface area contributed by atoms with E-state index in [1.165, 1.54) is 5.56 Å². The molecule has 1 unspecified atom stereocenters. The van der Waals surface area contributed by atoms with Crippen molar-refractivity contribution in [3.05, 3.63) is 48.5 Å². The summed E-state index contributed by atoms with van der Waals surface area (Å²) in [5.74, 6) is 0. The van der Waals surface area contributed by atoms with Crippen molar-refractivity contribution in [3.63, 3.8) is 0 Å². The Morgan fingerprint density at radius 3 is 3.10 bits per heavy atom. The zero-order valence-electron chi connectivity index (χ0n) is 11.5. The highest BCUT2D eigenvalue weighted by Crippen LogP contribution is 2.31. The largest absolute Gasteiger partial charge is 0.336 e. The van der Waals surface area contributed by atoms with Crippen molar-refractivity contribution in [2.24, 2.45) is 0 Å². The maximum Gasteiger partial charge on any atom is 0.322 e. The SMILES string of the molecule is CC1Cc2ccccc2N1C(=O)NCCn1ccnc1. The highest BCUT2D eigenvalue weighted by Gasteiger charge is 2.30. The lowest BCUT2D eigenvalue weighted by molar-refractivity contribution is 0.244. The second-order valence-electron chi connectivity index (χ2n) is 5.08. The molecule has 0 saturated heterocycles. The van der Waals surface area contributed by atoms with Gasteiger partial charge in [0.1, 0.15) is 0 Å². The van der Waals surface area contributed by atoms with Gasteiger partial charge < -0.3 is 9.88 Å². The van der Waals surface area contributed by atoms with Crippen LogP contribution in [0.15, 0.2) is 43.0 Å². The number of rotatable bonds is 3. The lowest BCUT2D eigenvalue weighted by atomic mass is 10.1. The molecule has 2 aromatic rings. The topological polar surface area (TPSA) is 50.2 Å². The Kier molecular flexibility index (Phi) is 3.41. The van der Waals surface area contributed by atoms with E-state index in [0.717, 1.165) is 18.7 Å². The van der Waals surface area contributed by atoms with Crippen LogP contribution in [0.4, 0.5) is 10.5 Å². The number of nitrogens with one attached hydrogen (secondary N) is 1. The number of amides is 2. The Balaban J connectivity index is 1.62. The van der Waals surface area contributed by atoms with Crippen molar-refractivity contribution in [2.45, 2.75) is 25.9 Å². The number of anilines is 1. The zero-order valence-corrected chi connectivity index (χ0v) is 11.5. The first kappa shape index (κ1) is 12.7. The van der Waals surface area contributed by atoms with Crippen LogP contribution >= 0.6 is 0 Å². The van der Waals surface area contributed by atoms with Gasteiger partial charge >= 0.3 is 6.03 Å². The summed E-state index contributed by atoms with van der Waals surface area (Å²) in [6.07, 6.45) is 6.30. The second-order valence-corrected chi connectivity index (χ2v) is 5.08. The molecule has 2 heterocycles. The lowest BCUT2D eigenvalue weighted by Crippen LogP contribution is -2.44. The summed E-state index contributed by atoms with van der Waals surface area (Å²) in [5, 5.41) is 2.97. The normalized spacial score (nSPS) is 17.1. The van der Waals surface area contributed by atoms with Crippen molar-refractivity contribution in [1.29, 1.82) is 0 Å². The van der Waals surface area contributed by atoms with Crippen molar-refractivity contribution < 1.29 is 4.79 Å². The summed E-state index contributed by atoms with van der Waals surface area (Å²) >= 11 is 0. The van der Waals surface area contributed by atoms with Crippen LogP contribution in [0.3, 0.4) is 0 Å². The number of carbonyl (C=O) groups excluding carboxylic acids is 1. The molecule has 1 N–H and O–H groups in total. The van der Waals surface area contributed by atoms with Crippen LogP contribution in [-0.2, 0) is 13.0 Å². The number of benzene rings is 1. The molecule has 20 heavy (non-hydrogen) atoms. The predicted molar refractivity (Wildman–Crippen MR) is 77.7 cm³/mol. The van der Waals surface area contributed by atoms with Crippen LogP contribution in [0, 0.1) is 0 Å². The average molecular weight is 270 g/mol. The number of imidazole rings is 1. The van der Waals surface area contributed by atoms with Crippen LogP contribution in [-0.4, -0.2) is 28.2 Å². The molecule has 0 bridgehead atoms. The number of nitrogens with zero attached hydrogens (tertiary/aromatic N) is 3. The smallest absolute Gasteiger partial charge is 0.322 e. The minimum absolute atomic E-state index is 0.0254. The number of para-hydroxylation sites is 1. The average Bonchev–Trinajstić information content (AvgIpc) is 3.04. The first-order chi connectivity index (χ1) is 9.75. The number of hydrogen-bond donors (Lipinski definition) is 1. The lowest BCUT2D eigenvalue weighted by Gasteiger charge is -2.23. The Morgan fingerprint density at radius 1 is 1.45 bits per heavy atom. The third-order valence-corrected chi connectivity index (χ3v) is 3.63. The molecule has 0 fully saturated rings. The van der Waals surface area contributed by atoms with Gasteiger partial charge in [-0.25, -0.2) is 9.78 Å². The molecule has 1 aromatic heterocycles. The van der Waals surface area contributed by atoms with Gasteiger partial charge in [0.15, 0.2) is 0 Å². The van der Waals surface area contributed by atoms with Crippen LogP contribution in [0.5, 0.6) is 0 Å². The van der Waals surface area contributed by atoms with Crippen molar-refractivity contribution in [1.82, 2.24) is 14.9 Å². The number of urea groups is 1. The minimum Gasteiger partial charge on any atom is -0.336 e. The zero-order chi connectivity index (χ0) is 13.9. The summed E-state index contributed by atoms with van der Waals surface area (Å²) < 4.78 is 1.95. The van der Waals surface area contributed by atoms with E-state index in [1.807, 2.05) is 33.9 Å². The maximum atomic E-state index is 12.3. The van der Waals surface area contributed by atoms with E-state index in [2.05, 4.69) is 23.3 Å².